The molecule has 0 aliphatic carbocycles. The van der Waals surface area contributed by atoms with Crippen molar-refractivity contribution in [1.82, 2.24) is 30.0 Å². The third-order valence-electron chi connectivity index (χ3n) is 6.63. The molecule has 1 saturated heterocycles. The minimum Gasteiger partial charge on any atom is -0.352 e. The quantitative estimate of drug-likeness (QED) is 0.435. The molecule has 0 saturated carbocycles. The second-order valence-corrected chi connectivity index (χ2v) is 9.10. The number of para-hydroxylation sites is 1. The van der Waals surface area contributed by atoms with E-state index in [2.05, 4.69) is 44.3 Å². The van der Waals surface area contributed by atoms with E-state index in [1.165, 1.54) is 18.2 Å². The SMILES string of the molecule is CC(=O)NCc1ccc(-c2nccnc2N2CCN(Cc3cnn(-c4ccccc4)c3C)CC2)cc1. The fourth-order valence-electron chi connectivity index (χ4n) is 4.56. The lowest BCUT2D eigenvalue weighted by Gasteiger charge is -2.35. The van der Waals surface area contributed by atoms with Crippen molar-refractivity contribution < 1.29 is 4.79 Å². The number of rotatable bonds is 7. The average molecular weight is 482 g/mol. The summed E-state index contributed by atoms with van der Waals surface area (Å²) in [5, 5.41) is 7.46. The number of hydrogen-bond donors (Lipinski definition) is 1. The third-order valence-corrected chi connectivity index (χ3v) is 6.63. The first kappa shape index (κ1) is 23.7. The number of carbonyl (C=O) groups is 1. The predicted molar refractivity (Wildman–Crippen MR) is 141 cm³/mol. The fourth-order valence-corrected chi connectivity index (χ4v) is 4.56. The molecule has 0 atom stereocenters. The summed E-state index contributed by atoms with van der Waals surface area (Å²) in [6.07, 6.45) is 5.50. The fraction of sp³-hybridized carbons (Fsp3) is 0.286. The number of benzene rings is 2. The van der Waals surface area contributed by atoms with E-state index in [9.17, 15) is 4.79 Å². The molecule has 2 aromatic carbocycles. The minimum atomic E-state index is -0.0328. The van der Waals surface area contributed by atoms with Crippen LogP contribution in [-0.2, 0) is 17.9 Å². The summed E-state index contributed by atoms with van der Waals surface area (Å²) < 4.78 is 2.01. The van der Waals surface area contributed by atoms with Crippen LogP contribution in [-0.4, -0.2) is 56.7 Å². The molecule has 1 fully saturated rings. The van der Waals surface area contributed by atoms with Gasteiger partial charge in [0.2, 0.25) is 5.91 Å². The van der Waals surface area contributed by atoms with Crippen molar-refractivity contribution >= 4 is 11.7 Å². The Bertz CT molecular complexity index is 1310. The Balaban J connectivity index is 1.24. The van der Waals surface area contributed by atoms with Crippen LogP contribution in [0.2, 0.25) is 0 Å². The van der Waals surface area contributed by atoms with Gasteiger partial charge in [0.05, 0.1) is 11.9 Å². The lowest BCUT2D eigenvalue weighted by Crippen LogP contribution is -2.46. The highest BCUT2D eigenvalue weighted by Gasteiger charge is 2.22. The van der Waals surface area contributed by atoms with Gasteiger partial charge in [0.15, 0.2) is 5.82 Å². The normalized spacial score (nSPS) is 14.1. The van der Waals surface area contributed by atoms with Crippen molar-refractivity contribution in [3.63, 3.8) is 0 Å². The molecule has 1 N–H and O–H groups in total. The van der Waals surface area contributed by atoms with E-state index in [0.29, 0.717) is 6.54 Å². The number of anilines is 1. The highest BCUT2D eigenvalue weighted by molar-refractivity contribution is 5.73. The molecule has 0 bridgehead atoms. The second-order valence-electron chi connectivity index (χ2n) is 9.10. The highest BCUT2D eigenvalue weighted by Crippen LogP contribution is 2.28. The second kappa shape index (κ2) is 10.7. The zero-order valence-corrected chi connectivity index (χ0v) is 20.8. The van der Waals surface area contributed by atoms with Gasteiger partial charge in [-0.05, 0) is 24.6 Å². The maximum atomic E-state index is 11.2. The molecule has 8 nitrogen and oxygen atoms in total. The first-order chi connectivity index (χ1) is 17.6. The maximum Gasteiger partial charge on any atom is 0.217 e. The molecule has 1 aliphatic heterocycles. The van der Waals surface area contributed by atoms with Crippen LogP contribution < -0.4 is 10.2 Å². The van der Waals surface area contributed by atoms with Crippen LogP contribution in [0.25, 0.3) is 16.9 Å². The summed E-state index contributed by atoms with van der Waals surface area (Å²) in [6, 6.07) is 18.4. The van der Waals surface area contributed by atoms with Gasteiger partial charge in [-0.1, -0.05) is 42.5 Å². The van der Waals surface area contributed by atoms with Gasteiger partial charge in [0.1, 0.15) is 5.69 Å². The van der Waals surface area contributed by atoms with Crippen LogP contribution in [0.15, 0.2) is 73.2 Å². The molecule has 8 heteroatoms. The van der Waals surface area contributed by atoms with Gasteiger partial charge < -0.3 is 10.2 Å². The van der Waals surface area contributed by atoms with E-state index in [1.54, 1.807) is 12.4 Å². The number of nitrogens with zero attached hydrogens (tertiary/aromatic N) is 6. The Morgan fingerprint density at radius 2 is 1.67 bits per heavy atom. The van der Waals surface area contributed by atoms with Gasteiger partial charge in [-0.15, -0.1) is 0 Å². The Kier molecular flexibility index (Phi) is 7.04. The van der Waals surface area contributed by atoms with Gasteiger partial charge in [0.25, 0.3) is 0 Å². The third kappa shape index (κ3) is 5.28. The Labute approximate surface area is 211 Å². The predicted octanol–water partition coefficient (Wildman–Crippen LogP) is 3.60. The zero-order chi connectivity index (χ0) is 24.9. The standard InChI is InChI=1S/C28H31N7O/c1-21-25(19-32-35(21)26-6-4-3-5-7-26)20-33-14-16-34(17-15-33)28-27(29-12-13-30-28)24-10-8-23(9-11-24)18-31-22(2)36/h3-13,19H,14-18,20H2,1-2H3,(H,31,36). The number of carbonyl (C=O) groups excluding carboxylic acids is 1. The number of nitrogens with one attached hydrogen (secondary N) is 1. The van der Waals surface area contributed by atoms with Crippen molar-refractivity contribution in [3.8, 4) is 16.9 Å². The topological polar surface area (TPSA) is 79.2 Å². The van der Waals surface area contributed by atoms with E-state index in [1.807, 2.05) is 53.3 Å². The molecule has 2 aromatic heterocycles. The van der Waals surface area contributed by atoms with Crippen molar-refractivity contribution in [1.29, 1.82) is 0 Å². The Morgan fingerprint density at radius 1 is 0.944 bits per heavy atom. The largest absolute Gasteiger partial charge is 0.352 e. The summed E-state index contributed by atoms with van der Waals surface area (Å²) in [7, 11) is 0. The van der Waals surface area contributed by atoms with Gasteiger partial charge >= 0.3 is 0 Å². The molecule has 4 aromatic rings. The van der Waals surface area contributed by atoms with E-state index in [0.717, 1.165) is 61.0 Å². The van der Waals surface area contributed by atoms with Gasteiger partial charge in [-0.3, -0.25) is 14.7 Å². The number of hydrogen-bond acceptors (Lipinski definition) is 6. The summed E-state index contributed by atoms with van der Waals surface area (Å²) in [5.74, 6) is 0.884. The van der Waals surface area contributed by atoms with Crippen molar-refractivity contribution in [3.05, 3.63) is 90.0 Å². The molecule has 0 radical (unpaired) electrons. The van der Waals surface area contributed by atoms with Gasteiger partial charge in [-0.2, -0.15) is 5.10 Å². The minimum absolute atomic E-state index is 0.0328. The number of piperazine rings is 1. The molecule has 1 amide bonds. The van der Waals surface area contributed by atoms with Crippen LogP contribution in [0, 0.1) is 6.92 Å². The van der Waals surface area contributed by atoms with Crippen LogP contribution in [0.4, 0.5) is 5.82 Å². The summed E-state index contributed by atoms with van der Waals surface area (Å²) in [4.78, 5) is 25.3. The molecule has 0 spiro atoms. The van der Waals surface area contributed by atoms with Gasteiger partial charge in [0, 0.05) is 75.4 Å². The van der Waals surface area contributed by atoms with E-state index >= 15 is 0 Å². The first-order valence-corrected chi connectivity index (χ1v) is 12.3. The molecule has 3 heterocycles. The van der Waals surface area contributed by atoms with E-state index in [4.69, 9.17) is 4.98 Å². The van der Waals surface area contributed by atoms with Crippen LogP contribution in [0.1, 0.15) is 23.7 Å². The average Bonchev–Trinajstić information content (AvgIpc) is 3.28. The molecule has 0 unspecified atom stereocenters. The monoisotopic (exact) mass is 481 g/mol. The van der Waals surface area contributed by atoms with Crippen molar-refractivity contribution in [2.75, 3.05) is 31.1 Å². The Morgan fingerprint density at radius 3 is 2.39 bits per heavy atom. The molecule has 184 valence electrons. The smallest absolute Gasteiger partial charge is 0.217 e. The van der Waals surface area contributed by atoms with E-state index < -0.39 is 0 Å². The number of amides is 1. The van der Waals surface area contributed by atoms with Crippen molar-refractivity contribution in [2.45, 2.75) is 26.9 Å². The summed E-state index contributed by atoms with van der Waals surface area (Å²) in [6.45, 7) is 8.74. The van der Waals surface area contributed by atoms with Gasteiger partial charge in [-0.25, -0.2) is 9.67 Å². The van der Waals surface area contributed by atoms with Crippen LogP contribution in [0.5, 0.6) is 0 Å². The summed E-state index contributed by atoms with van der Waals surface area (Å²) >= 11 is 0. The molecule has 5 rings (SSSR count). The zero-order valence-electron chi connectivity index (χ0n) is 20.8. The lowest BCUT2D eigenvalue weighted by atomic mass is 10.1. The van der Waals surface area contributed by atoms with Crippen LogP contribution in [0.3, 0.4) is 0 Å². The Hall–Kier alpha value is -4.04. The van der Waals surface area contributed by atoms with E-state index in [-0.39, 0.29) is 5.91 Å². The number of aromatic nitrogens is 4. The summed E-state index contributed by atoms with van der Waals surface area (Å²) in [5.41, 5.74) is 6.49. The molecular weight excluding hydrogens is 450 g/mol. The van der Waals surface area contributed by atoms with Crippen LogP contribution >= 0.6 is 0 Å². The molecule has 36 heavy (non-hydrogen) atoms. The molecule has 1 aliphatic rings. The highest BCUT2D eigenvalue weighted by atomic mass is 16.1. The maximum absolute atomic E-state index is 11.2. The first-order valence-electron chi connectivity index (χ1n) is 12.3. The van der Waals surface area contributed by atoms with Crippen molar-refractivity contribution in [2.24, 2.45) is 0 Å². The molecular formula is C28H31N7O. The lowest BCUT2D eigenvalue weighted by molar-refractivity contribution is -0.119.